The monoisotopic (exact) mass is 503 g/mol. The molecule has 0 amide bonds. The third-order valence-corrected chi connectivity index (χ3v) is 8.37. The van der Waals surface area contributed by atoms with E-state index in [-0.39, 0.29) is 12.1 Å². The molecule has 1 saturated carbocycles. The molecule has 3 aromatic rings. The quantitative estimate of drug-likeness (QED) is 0.527. The SMILES string of the molecule is OCC1(Nc2nc(N3CCn4c(Cc5ccc(Cl)c(Cl)c5)nnc4C3)nc3c2SCC3)CC1. The summed E-state index contributed by atoms with van der Waals surface area (Å²) in [6, 6.07) is 5.66. The summed E-state index contributed by atoms with van der Waals surface area (Å²) in [4.78, 5) is 13.1. The van der Waals surface area contributed by atoms with E-state index in [2.05, 4.69) is 25.0 Å². The van der Waals surface area contributed by atoms with E-state index in [0.717, 1.165) is 71.7 Å². The van der Waals surface area contributed by atoms with Gasteiger partial charge in [-0.05, 0) is 30.5 Å². The fourth-order valence-electron chi connectivity index (χ4n) is 4.36. The molecule has 172 valence electrons. The summed E-state index contributed by atoms with van der Waals surface area (Å²) >= 11 is 14.0. The highest BCUT2D eigenvalue weighted by molar-refractivity contribution is 7.99. The van der Waals surface area contributed by atoms with Gasteiger partial charge in [-0.1, -0.05) is 29.3 Å². The van der Waals surface area contributed by atoms with Gasteiger partial charge in [-0.25, -0.2) is 4.98 Å². The average molecular weight is 504 g/mol. The highest BCUT2D eigenvalue weighted by Crippen LogP contribution is 2.43. The molecule has 1 aromatic carbocycles. The van der Waals surface area contributed by atoms with Gasteiger partial charge < -0.3 is 19.9 Å². The molecule has 6 rings (SSSR count). The van der Waals surface area contributed by atoms with E-state index in [1.54, 1.807) is 11.8 Å². The predicted molar refractivity (Wildman–Crippen MR) is 129 cm³/mol. The van der Waals surface area contributed by atoms with Crippen molar-refractivity contribution >= 4 is 46.7 Å². The highest BCUT2D eigenvalue weighted by Gasteiger charge is 2.43. The van der Waals surface area contributed by atoms with E-state index in [9.17, 15) is 5.11 Å². The maximum Gasteiger partial charge on any atom is 0.228 e. The summed E-state index contributed by atoms with van der Waals surface area (Å²) in [5.74, 6) is 4.40. The van der Waals surface area contributed by atoms with Gasteiger partial charge in [0.05, 0.1) is 39.3 Å². The van der Waals surface area contributed by atoms with E-state index in [1.807, 2.05) is 18.2 Å². The number of aliphatic hydroxyl groups excluding tert-OH is 1. The second-order valence-electron chi connectivity index (χ2n) is 8.84. The Morgan fingerprint density at radius 1 is 1.12 bits per heavy atom. The first kappa shape index (κ1) is 21.5. The molecule has 2 N–H and O–H groups in total. The van der Waals surface area contributed by atoms with Crippen molar-refractivity contribution in [3.8, 4) is 0 Å². The zero-order valence-electron chi connectivity index (χ0n) is 17.9. The van der Waals surface area contributed by atoms with E-state index >= 15 is 0 Å². The van der Waals surface area contributed by atoms with E-state index in [1.165, 1.54) is 0 Å². The van der Waals surface area contributed by atoms with Crippen LogP contribution in [-0.2, 0) is 25.9 Å². The van der Waals surface area contributed by atoms with Crippen molar-refractivity contribution in [2.24, 2.45) is 0 Å². The Hall–Kier alpha value is -2.07. The Morgan fingerprint density at radius 3 is 2.79 bits per heavy atom. The first-order valence-electron chi connectivity index (χ1n) is 11.1. The van der Waals surface area contributed by atoms with Crippen LogP contribution >= 0.6 is 35.0 Å². The number of aliphatic hydroxyl groups is 1. The lowest BCUT2D eigenvalue weighted by Gasteiger charge is -2.29. The lowest BCUT2D eigenvalue weighted by Crippen LogP contribution is -2.36. The maximum atomic E-state index is 9.78. The van der Waals surface area contributed by atoms with Gasteiger partial charge >= 0.3 is 0 Å². The lowest BCUT2D eigenvalue weighted by molar-refractivity contribution is 0.265. The van der Waals surface area contributed by atoms with Gasteiger partial charge in [0, 0.05) is 31.7 Å². The molecular formula is C22H23Cl2N7OS. The molecule has 0 unspecified atom stereocenters. The molecule has 2 aliphatic heterocycles. The van der Waals surface area contributed by atoms with E-state index in [4.69, 9.17) is 33.2 Å². The summed E-state index contributed by atoms with van der Waals surface area (Å²) in [5, 5.41) is 23.3. The van der Waals surface area contributed by atoms with Gasteiger partial charge in [0.2, 0.25) is 5.95 Å². The highest BCUT2D eigenvalue weighted by atomic mass is 35.5. The molecule has 1 aliphatic carbocycles. The standard InChI is InChI=1S/C22H23Cl2N7OS/c23-14-2-1-13(9-15(14)24)10-17-28-29-18-11-30(6-7-31(17)18)21-25-16-3-8-33-19(16)20(26-21)27-22(12-32)4-5-22/h1-2,9,32H,3-8,10-12H2,(H,25,26,27). The zero-order valence-corrected chi connectivity index (χ0v) is 20.2. The number of hydrogen-bond acceptors (Lipinski definition) is 8. The number of benzene rings is 1. The van der Waals surface area contributed by atoms with Crippen LogP contribution in [0.3, 0.4) is 0 Å². The topological polar surface area (TPSA) is 92.0 Å². The Kier molecular flexibility index (Phi) is 5.40. The molecule has 0 atom stereocenters. The van der Waals surface area contributed by atoms with E-state index < -0.39 is 0 Å². The molecule has 0 bridgehead atoms. The summed E-state index contributed by atoms with van der Waals surface area (Å²) in [6.45, 7) is 2.26. The smallest absolute Gasteiger partial charge is 0.228 e. The molecular weight excluding hydrogens is 481 g/mol. The minimum Gasteiger partial charge on any atom is -0.394 e. The lowest BCUT2D eigenvalue weighted by atomic mass is 10.1. The van der Waals surface area contributed by atoms with Crippen molar-refractivity contribution in [2.75, 3.05) is 29.1 Å². The number of rotatable bonds is 6. The summed E-state index contributed by atoms with van der Waals surface area (Å²) < 4.78 is 2.17. The van der Waals surface area contributed by atoms with Crippen LogP contribution in [0.15, 0.2) is 23.1 Å². The van der Waals surface area contributed by atoms with Crippen LogP contribution in [0.25, 0.3) is 0 Å². The van der Waals surface area contributed by atoms with Crippen LogP contribution < -0.4 is 10.2 Å². The molecule has 8 nitrogen and oxygen atoms in total. The Labute approximate surface area is 205 Å². The Bertz CT molecular complexity index is 1230. The molecule has 0 spiro atoms. The Morgan fingerprint density at radius 2 is 2.00 bits per heavy atom. The first-order chi connectivity index (χ1) is 16.0. The number of aromatic nitrogens is 5. The second kappa shape index (κ2) is 8.30. The van der Waals surface area contributed by atoms with Crippen molar-refractivity contribution in [3.05, 3.63) is 51.2 Å². The molecule has 2 aromatic heterocycles. The number of aryl methyl sites for hydroxylation is 1. The van der Waals surface area contributed by atoms with E-state index in [0.29, 0.717) is 29.0 Å². The number of halogens is 2. The molecule has 0 radical (unpaired) electrons. The maximum absolute atomic E-state index is 9.78. The van der Waals surface area contributed by atoms with Crippen molar-refractivity contribution in [1.29, 1.82) is 0 Å². The van der Waals surface area contributed by atoms with Crippen molar-refractivity contribution in [2.45, 2.75) is 49.2 Å². The van der Waals surface area contributed by atoms with Crippen LogP contribution in [0.2, 0.25) is 10.0 Å². The molecule has 1 fully saturated rings. The van der Waals surface area contributed by atoms with Gasteiger partial charge in [-0.15, -0.1) is 22.0 Å². The minimum atomic E-state index is -0.218. The summed E-state index contributed by atoms with van der Waals surface area (Å²) in [5.41, 5.74) is 1.92. The Balaban J connectivity index is 1.24. The molecule has 0 saturated heterocycles. The number of thioether (sulfide) groups is 1. The molecule has 3 aliphatic rings. The largest absolute Gasteiger partial charge is 0.394 e. The number of nitrogens with one attached hydrogen (secondary N) is 1. The van der Waals surface area contributed by atoms with Gasteiger partial charge in [-0.2, -0.15) is 4.98 Å². The van der Waals surface area contributed by atoms with Gasteiger partial charge in [0.1, 0.15) is 11.6 Å². The molecule has 11 heteroatoms. The average Bonchev–Trinajstić information content (AvgIpc) is 3.24. The second-order valence-corrected chi connectivity index (χ2v) is 10.8. The summed E-state index contributed by atoms with van der Waals surface area (Å²) in [6.07, 6.45) is 3.52. The first-order valence-corrected chi connectivity index (χ1v) is 12.8. The van der Waals surface area contributed by atoms with Crippen LogP contribution in [0.5, 0.6) is 0 Å². The number of anilines is 2. The summed E-state index contributed by atoms with van der Waals surface area (Å²) in [7, 11) is 0. The number of hydrogen-bond donors (Lipinski definition) is 2. The van der Waals surface area contributed by atoms with Crippen LogP contribution in [0.1, 0.15) is 35.7 Å². The third kappa shape index (κ3) is 4.05. The van der Waals surface area contributed by atoms with Gasteiger partial charge in [0.25, 0.3) is 0 Å². The normalized spacial score (nSPS) is 18.2. The fraction of sp³-hybridized carbons (Fsp3) is 0.455. The zero-order chi connectivity index (χ0) is 22.6. The number of nitrogens with zero attached hydrogens (tertiary/aromatic N) is 6. The molecule has 4 heterocycles. The predicted octanol–water partition coefficient (Wildman–Crippen LogP) is 3.57. The fourth-order valence-corrected chi connectivity index (χ4v) is 5.73. The van der Waals surface area contributed by atoms with Crippen molar-refractivity contribution in [3.63, 3.8) is 0 Å². The van der Waals surface area contributed by atoms with Gasteiger partial charge in [-0.3, -0.25) is 0 Å². The number of fused-ring (bicyclic) bond motifs is 2. The van der Waals surface area contributed by atoms with Gasteiger partial charge in [0.15, 0.2) is 5.82 Å². The van der Waals surface area contributed by atoms with Crippen molar-refractivity contribution in [1.82, 2.24) is 24.7 Å². The minimum absolute atomic E-state index is 0.125. The van der Waals surface area contributed by atoms with Crippen LogP contribution in [-0.4, -0.2) is 54.3 Å². The van der Waals surface area contributed by atoms with Crippen molar-refractivity contribution < 1.29 is 5.11 Å². The van der Waals surface area contributed by atoms with Crippen LogP contribution in [0, 0.1) is 0 Å². The van der Waals surface area contributed by atoms with Crippen LogP contribution in [0.4, 0.5) is 11.8 Å². The third-order valence-electron chi connectivity index (χ3n) is 6.51. The molecule has 33 heavy (non-hydrogen) atoms.